The van der Waals surface area contributed by atoms with E-state index < -0.39 is 16.1 Å². The number of halogens is 1. The lowest BCUT2D eigenvalue weighted by atomic mass is 10.1. The van der Waals surface area contributed by atoms with E-state index in [2.05, 4.69) is 0 Å². The molecule has 0 saturated heterocycles. The molecule has 2 aromatic carbocycles. The van der Waals surface area contributed by atoms with E-state index >= 15 is 0 Å². The summed E-state index contributed by atoms with van der Waals surface area (Å²) in [5.41, 5.74) is 3.28. The van der Waals surface area contributed by atoms with Crippen molar-refractivity contribution >= 4 is 39.9 Å². The summed E-state index contributed by atoms with van der Waals surface area (Å²) < 4.78 is 33.8. The molecule has 3 rings (SSSR count). The van der Waals surface area contributed by atoms with Crippen molar-refractivity contribution in [1.29, 1.82) is 0 Å². The Balaban J connectivity index is 1.82. The smallest absolute Gasteiger partial charge is 0.301 e. The van der Waals surface area contributed by atoms with E-state index in [0.717, 1.165) is 28.1 Å². The number of pyridine rings is 1. The van der Waals surface area contributed by atoms with Crippen LogP contribution in [-0.4, -0.2) is 33.0 Å². The third kappa shape index (κ3) is 6.82. The molecule has 0 aliphatic heterocycles. The third-order valence-corrected chi connectivity index (χ3v) is 6.61. The molecule has 0 unspecified atom stereocenters. The lowest BCUT2D eigenvalue weighted by Gasteiger charge is -2.14. The number of nitrogens with one attached hydrogen (secondary N) is 2. The van der Waals surface area contributed by atoms with Crippen LogP contribution in [0.25, 0.3) is 12.2 Å². The van der Waals surface area contributed by atoms with Gasteiger partial charge in [0.1, 0.15) is 10.8 Å². The van der Waals surface area contributed by atoms with Gasteiger partial charge in [-0.05, 0) is 66.4 Å². The minimum absolute atomic E-state index is 0.138. The average Bonchev–Trinajstić information content (AvgIpc) is 2.84. The Morgan fingerprint density at radius 2 is 1.83 bits per heavy atom. The van der Waals surface area contributed by atoms with E-state index in [9.17, 15) is 18.0 Å². The number of amides is 1. The van der Waals surface area contributed by atoms with Gasteiger partial charge in [0.05, 0.1) is 7.11 Å². The summed E-state index contributed by atoms with van der Waals surface area (Å²) in [6, 6.07) is 15.7. The van der Waals surface area contributed by atoms with Crippen LogP contribution in [0.1, 0.15) is 32.7 Å². The Labute approximate surface area is 209 Å². The molecule has 0 fully saturated rings. The van der Waals surface area contributed by atoms with Crippen LogP contribution in [0.15, 0.2) is 59.4 Å². The molecule has 0 atom stereocenters. The van der Waals surface area contributed by atoms with E-state index in [1.807, 2.05) is 52.8 Å². The van der Waals surface area contributed by atoms with E-state index in [0.29, 0.717) is 13.0 Å². The van der Waals surface area contributed by atoms with Crippen LogP contribution in [-0.2, 0) is 23.2 Å². The number of benzene rings is 2. The predicted molar refractivity (Wildman–Crippen MR) is 138 cm³/mol. The first-order chi connectivity index (χ1) is 16.6. The van der Waals surface area contributed by atoms with Gasteiger partial charge in [0.15, 0.2) is 0 Å². The van der Waals surface area contributed by atoms with E-state index in [1.165, 1.54) is 19.2 Å². The molecule has 1 amide bonds. The minimum atomic E-state index is -3.88. The molecule has 35 heavy (non-hydrogen) atoms. The summed E-state index contributed by atoms with van der Waals surface area (Å²) in [5.74, 6) is -0.00407. The zero-order valence-corrected chi connectivity index (χ0v) is 21.1. The van der Waals surface area contributed by atoms with Gasteiger partial charge in [-0.15, -0.1) is 0 Å². The van der Waals surface area contributed by atoms with Crippen molar-refractivity contribution in [3.05, 3.63) is 97.9 Å². The van der Waals surface area contributed by atoms with Crippen molar-refractivity contribution in [2.45, 2.75) is 19.9 Å². The topological polar surface area (TPSA) is 107 Å². The van der Waals surface area contributed by atoms with Crippen LogP contribution in [0.4, 0.5) is 0 Å². The number of methoxy groups -OCH3 is 1. The SMILES string of the molecule is CNS(=O)(=O)NC(=O)c1ccc(CCn2c(/C=C/c3cccc(OC)c3)c(C)cc(Cl)c2=O)cc1. The molecule has 8 nitrogen and oxygen atoms in total. The van der Waals surface area contributed by atoms with Crippen molar-refractivity contribution in [1.82, 2.24) is 14.0 Å². The average molecular weight is 516 g/mol. The molecular formula is C25H26ClN3O5S. The number of hydrogen-bond acceptors (Lipinski definition) is 5. The van der Waals surface area contributed by atoms with Crippen molar-refractivity contribution in [3.8, 4) is 5.75 Å². The van der Waals surface area contributed by atoms with Gasteiger partial charge in [0.2, 0.25) is 0 Å². The predicted octanol–water partition coefficient (Wildman–Crippen LogP) is 3.43. The molecular weight excluding hydrogens is 490 g/mol. The van der Waals surface area contributed by atoms with Crippen LogP contribution in [0.3, 0.4) is 0 Å². The van der Waals surface area contributed by atoms with Crippen LogP contribution in [0.2, 0.25) is 5.02 Å². The Morgan fingerprint density at radius 1 is 1.11 bits per heavy atom. The molecule has 0 spiro atoms. The largest absolute Gasteiger partial charge is 0.497 e. The number of carbonyl (C=O) groups is 1. The maximum atomic E-state index is 12.8. The second-order valence-corrected chi connectivity index (χ2v) is 9.74. The van der Waals surface area contributed by atoms with Crippen LogP contribution >= 0.6 is 11.6 Å². The van der Waals surface area contributed by atoms with Gasteiger partial charge in [0.25, 0.3) is 11.5 Å². The van der Waals surface area contributed by atoms with Crippen LogP contribution in [0, 0.1) is 6.92 Å². The highest BCUT2D eigenvalue weighted by atomic mass is 35.5. The lowest BCUT2D eigenvalue weighted by Crippen LogP contribution is -2.38. The molecule has 10 heteroatoms. The minimum Gasteiger partial charge on any atom is -0.497 e. The molecule has 0 aliphatic carbocycles. The van der Waals surface area contributed by atoms with Gasteiger partial charge in [-0.25, -0.2) is 9.44 Å². The Bertz CT molecular complexity index is 1410. The monoisotopic (exact) mass is 515 g/mol. The number of carbonyl (C=O) groups excluding carboxylic acids is 1. The van der Waals surface area contributed by atoms with Gasteiger partial charge in [-0.1, -0.05) is 41.9 Å². The lowest BCUT2D eigenvalue weighted by molar-refractivity contribution is 0.0981. The zero-order valence-electron chi connectivity index (χ0n) is 19.5. The second-order valence-electron chi connectivity index (χ2n) is 7.71. The molecule has 2 N–H and O–H groups in total. The van der Waals surface area contributed by atoms with E-state index in [-0.39, 0.29) is 16.1 Å². The van der Waals surface area contributed by atoms with Crippen molar-refractivity contribution < 1.29 is 17.9 Å². The Hall–Kier alpha value is -3.40. The summed E-state index contributed by atoms with van der Waals surface area (Å²) in [5, 5.41) is 0.138. The number of hydrogen-bond donors (Lipinski definition) is 2. The summed E-state index contributed by atoms with van der Waals surface area (Å²) in [4.78, 5) is 24.9. The van der Waals surface area contributed by atoms with Crippen molar-refractivity contribution in [2.75, 3.05) is 14.2 Å². The quantitative estimate of drug-likeness (QED) is 0.454. The fraction of sp³-hybridized carbons (Fsp3) is 0.200. The number of rotatable bonds is 9. The summed E-state index contributed by atoms with van der Waals surface area (Å²) in [6.07, 6.45) is 4.27. The van der Waals surface area contributed by atoms with E-state index in [1.54, 1.807) is 29.9 Å². The fourth-order valence-corrected chi connectivity index (χ4v) is 4.17. The van der Waals surface area contributed by atoms with Gasteiger partial charge in [-0.3, -0.25) is 9.59 Å². The Morgan fingerprint density at radius 3 is 2.49 bits per heavy atom. The molecule has 184 valence electrons. The number of aryl methyl sites for hydroxylation is 2. The first-order valence-electron chi connectivity index (χ1n) is 10.7. The summed E-state index contributed by atoms with van der Waals surface area (Å²) >= 11 is 6.18. The Kier molecular flexibility index (Phi) is 8.50. The van der Waals surface area contributed by atoms with Crippen LogP contribution < -0.4 is 19.7 Å². The standard InChI is InChI=1S/C25H26ClN3O5S/c1-17-15-22(26)25(31)29(23(17)12-9-19-5-4-6-21(16-19)34-3)14-13-18-7-10-20(11-8-18)24(30)28-35(32,33)27-2/h4-12,15-16,27H,13-14H2,1-3H3,(H,28,30)/b12-9+. The summed E-state index contributed by atoms with van der Waals surface area (Å²) in [6.45, 7) is 2.25. The fourth-order valence-electron chi connectivity index (χ4n) is 3.44. The van der Waals surface area contributed by atoms with Gasteiger partial charge >= 0.3 is 10.2 Å². The van der Waals surface area contributed by atoms with Gasteiger partial charge in [0, 0.05) is 24.8 Å². The number of aromatic nitrogens is 1. The maximum Gasteiger partial charge on any atom is 0.301 e. The number of ether oxygens (including phenoxy) is 1. The second kappa shape index (κ2) is 11.4. The highest BCUT2D eigenvalue weighted by molar-refractivity contribution is 7.88. The number of nitrogens with zero attached hydrogens (tertiary/aromatic N) is 1. The van der Waals surface area contributed by atoms with Gasteiger partial charge < -0.3 is 9.30 Å². The molecule has 0 bridgehead atoms. The van der Waals surface area contributed by atoms with Gasteiger partial charge in [-0.2, -0.15) is 8.42 Å². The highest BCUT2D eigenvalue weighted by Gasteiger charge is 2.14. The zero-order chi connectivity index (χ0) is 25.6. The van der Waals surface area contributed by atoms with Crippen molar-refractivity contribution in [3.63, 3.8) is 0 Å². The van der Waals surface area contributed by atoms with E-state index in [4.69, 9.17) is 16.3 Å². The molecule has 3 aromatic rings. The maximum absolute atomic E-state index is 12.8. The molecule has 1 aromatic heterocycles. The summed E-state index contributed by atoms with van der Waals surface area (Å²) in [7, 11) is -1.07. The molecule has 0 radical (unpaired) electrons. The molecule has 0 saturated carbocycles. The van der Waals surface area contributed by atoms with Crippen LogP contribution in [0.5, 0.6) is 5.75 Å². The highest BCUT2D eigenvalue weighted by Crippen LogP contribution is 2.18. The van der Waals surface area contributed by atoms with Crippen molar-refractivity contribution in [2.24, 2.45) is 0 Å². The first kappa shape index (κ1) is 26.2. The normalized spacial score (nSPS) is 11.5. The third-order valence-electron chi connectivity index (χ3n) is 5.35. The molecule has 0 aliphatic rings. The molecule has 1 heterocycles. The first-order valence-corrected chi connectivity index (χ1v) is 12.6.